The number of rotatable bonds is 2. The van der Waals surface area contributed by atoms with E-state index in [1.54, 1.807) is 0 Å². The molecule has 1 aliphatic heterocycles. The first-order chi connectivity index (χ1) is 9.04. The Kier molecular flexibility index (Phi) is 2.69. The van der Waals surface area contributed by atoms with E-state index in [9.17, 15) is 19.2 Å². The Morgan fingerprint density at radius 1 is 1.21 bits per heavy atom. The Morgan fingerprint density at radius 3 is 2.47 bits per heavy atom. The van der Waals surface area contributed by atoms with Crippen LogP contribution in [0, 0.1) is 35.5 Å². The summed E-state index contributed by atoms with van der Waals surface area (Å²) in [5.74, 6) is -2.90. The lowest BCUT2D eigenvalue weighted by atomic mass is 9.83. The number of carbonyl (C=O) groups excluding carboxylic acids is 4. The van der Waals surface area contributed by atoms with E-state index in [4.69, 9.17) is 4.74 Å². The highest BCUT2D eigenvalue weighted by Gasteiger charge is 2.63. The molecule has 0 N–H and O–H groups in total. The van der Waals surface area contributed by atoms with Crippen molar-refractivity contribution in [2.75, 3.05) is 0 Å². The third-order valence-corrected chi connectivity index (χ3v) is 4.90. The number of fused-ring (bicyclic) bond motifs is 5. The van der Waals surface area contributed by atoms with E-state index >= 15 is 0 Å². The van der Waals surface area contributed by atoms with Crippen molar-refractivity contribution >= 4 is 24.4 Å². The fraction of sp³-hybridized carbons (Fsp3) is 0.692. The largest absolute Gasteiger partial charge is 0.395 e. The Bertz CT molecular complexity index is 470. The Morgan fingerprint density at radius 2 is 1.84 bits per heavy atom. The molecule has 1 saturated heterocycles. The average Bonchev–Trinajstić information content (AvgIpc) is 2.86. The SMILES string of the molecule is CC1CC(C(=O)OC=O)C2C3CC(C(=O)OC3=O)C12. The standard InChI is InChI=1S/C13H14O6/c1-5-2-6(11(15)18-4-14)10-8-3-7(9(5)10)12(16)19-13(8)17/h4-10H,2-3H2,1H3. The maximum Gasteiger partial charge on any atom is 0.316 e. The quantitative estimate of drug-likeness (QED) is 0.405. The van der Waals surface area contributed by atoms with Crippen LogP contribution in [0.3, 0.4) is 0 Å². The van der Waals surface area contributed by atoms with Crippen molar-refractivity contribution in [3.05, 3.63) is 0 Å². The van der Waals surface area contributed by atoms with Gasteiger partial charge in [0.15, 0.2) is 0 Å². The number of hydrogen-bond donors (Lipinski definition) is 0. The summed E-state index contributed by atoms with van der Waals surface area (Å²) in [6.07, 6.45) is 1.01. The van der Waals surface area contributed by atoms with Gasteiger partial charge in [-0.3, -0.25) is 19.2 Å². The van der Waals surface area contributed by atoms with Gasteiger partial charge in [-0.25, -0.2) is 0 Å². The third-order valence-electron chi connectivity index (χ3n) is 4.90. The first-order valence-electron chi connectivity index (χ1n) is 6.44. The molecule has 102 valence electrons. The molecule has 2 saturated carbocycles. The lowest BCUT2D eigenvalue weighted by Crippen LogP contribution is -2.33. The zero-order valence-electron chi connectivity index (χ0n) is 10.4. The zero-order valence-corrected chi connectivity index (χ0v) is 10.4. The topological polar surface area (TPSA) is 86.7 Å². The highest BCUT2D eigenvalue weighted by atomic mass is 16.6. The number of hydrogen-bond acceptors (Lipinski definition) is 6. The molecule has 2 aliphatic carbocycles. The summed E-state index contributed by atoms with van der Waals surface area (Å²) in [6.45, 7) is 2.08. The van der Waals surface area contributed by atoms with Crippen molar-refractivity contribution < 1.29 is 28.7 Å². The molecule has 6 unspecified atom stereocenters. The summed E-state index contributed by atoms with van der Waals surface area (Å²) in [7, 11) is 0. The number of cyclic esters (lactones) is 2. The van der Waals surface area contributed by atoms with Crippen molar-refractivity contribution in [1.82, 2.24) is 0 Å². The molecule has 3 rings (SSSR count). The molecular formula is C13H14O6. The molecule has 0 radical (unpaired) electrons. The van der Waals surface area contributed by atoms with Gasteiger partial charge in [0.05, 0.1) is 17.8 Å². The van der Waals surface area contributed by atoms with Crippen LogP contribution < -0.4 is 0 Å². The Labute approximate surface area is 109 Å². The van der Waals surface area contributed by atoms with Gasteiger partial charge in [0, 0.05) is 0 Å². The van der Waals surface area contributed by atoms with E-state index in [0.717, 1.165) is 0 Å². The molecule has 3 fully saturated rings. The van der Waals surface area contributed by atoms with Gasteiger partial charge >= 0.3 is 24.4 Å². The monoisotopic (exact) mass is 266 g/mol. The number of ether oxygens (including phenoxy) is 2. The molecule has 0 spiro atoms. The summed E-state index contributed by atoms with van der Waals surface area (Å²) in [4.78, 5) is 45.6. The van der Waals surface area contributed by atoms with Crippen LogP contribution in [0.5, 0.6) is 0 Å². The van der Waals surface area contributed by atoms with E-state index in [2.05, 4.69) is 4.74 Å². The van der Waals surface area contributed by atoms with Crippen LogP contribution in [0.4, 0.5) is 0 Å². The second-order valence-electron chi connectivity index (χ2n) is 5.70. The number of carbonyl (C=O) groups is 4. The molecule has 3 aliphatic rings. The molecule has 0 aromatic rings. The van der Waals surface area contributed by atoms with Crippen LogP contribution in [0.2, 0.25) is 0 Å². The highest BCUT2D eigenvalue weighted by Crippen LogP contribution is 2.58. The maximum absolute atomic E-state index is 11.8. The van der Waals surface area contributed by atoms with Crippen molar-refractivity contribution in [1.29, 1.82) is 0 Å². The van der Waals surface area contributed by atoms with Crippen molar-refractivity contribution in [3.8, 4) is 0 Å². The second kappa shape index (κ2) is 4.15. The maximum atomic E-state index is 11.8. The van der Waals surface area contributed by atoms with Gasteiger partial charge in [-0.2, -0.15) is 0 Å². The summed E-state index contributed by atoms with van der Waals surface area (Å²) >= 11 is 0. The van der Waals surface area contributed by atoms with E-state index in [0.29, 0.717) is 12.8 Å². The van der Waals surface area contributed by atoms with Gasteiger partial charge in [0.2, 0.25) is 0 Å². The van der Waals surface area contributed by atoms with Crippen LogP contribution in [0.25, 0.3) is 0 Å². The molecule has 19 heavy (non-hydrogen) atoms. The van der Waals surface area contributed by atoms with Crippen molar-refractivity contribution in [2.45, 2.75) is 19.8 Å². The molecule has 6 heteroatoms. The molecule has 1 heterocycles. The van der Waals surface area contributed by atoms with Gasteiger partial charge in [0.25, 0.3) is 0 Å². The minimum atomic E-state index is -0.595. The van der Waals surface area contributed by atoms with Gasteiger partial charge in [0.1, 0.15) is 0 Å². The normalized spacial score (nSPS) is 43.6. The Balaban J connectivity index is 1.93. The summed E-state index contributed by atoms with van der Waals surface area (Å²) in [5, 5.41) is 0. The van der Waals surface area contributed by atoms with E-state index < -0.39 is 29.7 Å². The molecule has 6 nitrogen and oxygen atoms in total. The average molecular weight is 266 g/mol. The molecular weight excluding hydrogens is 252 g/mol. The Hall–Kier alpha value is -1.72. The van der Waals surface area contributed by atoms with Crippen LogP contribution in [-0.4, -0.2) is 24.4 Å². The highest BCUT2D eigenvalue weighted by molar-refractivity contribution is 5.93. The van der Waals surface area contributed by atoms with Crippen LogP contribution in [0.1, 0.15) is 19.8 Å². The fourth-order valence-corrected chi connectivity index (χ4v) is 4.31. The first-order valence-corrected chi connectivity index (χ1v) is 6.44. The molecule has 6 atom stereocenters. The fourth-order valence-electron chi connectivity index (χ4n) is 4.31. The second-order valence-corrected chi connectivity index (χ2v) is 5.70. The van der Waals surface area contributed by atoms with Crippen molar-refractivity contribution in [2.24, 2.45) is 35.5 Å². The lowest BCUT2D eigenvalue weighted by Gasteiger charge is -2.22. The molecule has 0 aromatic carbocycles. The van der Waals surface area contributed by atoms with Gasteiger partial charge in [-0.1, -0.05) is 6.92 Å². The van der Waals surface area contributed by atoms with Gasteiger partial charge < -0.3 is 9.47 Å². The minimum absolute atomic E-state index is 0.0202. The third kappa shape index (κ3) is 1.62. The van der Waals surface area contributed by atoms with E-state index in [1.165, 1.54) is 0 Å². The van der Waals surface area contributed by atoms with Crippen LogP contribution >= 0.6 is 0 Å². The molecule has 0 aromatic heterocycles. The minimum Gasteiger partial charge on any atom is -0.395 e. The smallest absolute Gasteiger partial charge is 0.316 e. The molecule has 0 amide bonds. The summed E-state index contributed by atoms with van der Waals surface area (Å²) in [6, 6.07) is 0. The van der Waals surface area contributed by atoms with Crippen LogP contribution in [-0.2, 0) is 28.7 Å². The zero-order chi connectivity index (χ0) is 13.7. The summed E-state index contributed by atoms with van der Waals surface area (Å²) < 4.78 is 9.18. The van der Waals surface area contributed by atoms with E-state index in [1.807, 2.05) is 6.92 Å². The first kappa shape index (κ1) is 12.3. The van der Waals surface area contributed by atoms with Crippen molar-refractivity contribution in [3.63, 3.8) is 0 Å². The summed E-state index contributed by atoms with van der Waals surface area (Å²) in [5.41, 5.74) is 0. The lowest BCUT2D eigenvalue weighted by molar-refractivity contribution is -0.170. The van der Waals surface area contributed by atoms with Crippen LogP contribution in [0.15, 0.2) is 0 Å². The molecule has 2 bridgehead atoms. The number of esters is 3. The van der Waals surface area contributed by atoms with Gasteiger partial charge in [-0.15, -0.1) is 0 Å². The van der Waals surface area contributed by atoms with E-state index in [-0.39, 0.29) is 30.1 Å². The predicted molar refractivity (Wildman–Crippen MR) is 59.1 cm³/mol. The predicted octanol–water partition coefficient (Wildman–Crippen LogP) is 0.294. The van der Waals surface area contributed by atoms with Gasteiger partial charge in [-0.05, 0) is 30.6 Å².